The molecule has 2 heteroatoms. The predicted molar refractivity (Wildman–Crippen MR) is 70.4 cm³/mol. The average molecular weight is 238 g/mol. The molecular formula is C15H23FO. The van der Waals surface area contributed by atoms with Gasteiger partial charge in [-0.2, -0.15) is 0 Å². The fourth-order valence-corrected chi connectivity index (χ4v) is 2.34. The summed E-state index contributed by atoms with van der Waals surface area (Å²) in [6, 6.07) is 3.47. The number of benzene rings is 1. The molecule has 96 valence electrons. The molecule has 17 heavy (non-hydrogen) atoms. The van der Waals surface area contributed by atoms with Gasteiger partial charge in [0.2, 0.25) is 0 Å². The summed E-state index contributed by atoms with van der Waals surface area (Å²) < 4.78 is 19.3. The molecule has 0 aliphatic carbocycles. The van der Waals surface area contributed by atoms with Crippen molar-refractivity contribution in [3.8, 4) is 5.75 Å². The van der Waals surface area contributed by atoms with Crippen molar-refractivity contribution in [3.05, 3.63) is 29.1 Å². The van der Waals surface area contributed by atoms with Gasteiger partial charge in [-0.3, -0.25) is 0 Å². The highest BCUT2D eigenvalue weighted by Crippen LogP contribution is 2.35. The Morgan fingerprint density at radius 1 is 1.18 bits per heavy atom. The van der Waals surface area contributed by atoms with E-state index in [1.165, 1.54) is 6.07 Å². The summed E-state index contributed by atoms with van der Waals surface area (Å²) in [5, 5.41) is 0. The molecule has 0 saturated heterocycles. The standard InChI is InChI=1S/C15H23FO/c1-6-11(7-2)15-13(10(3)4)8-12(17-5)9-14(15)16/h8-11H,6-7H2,1-5H3. The molecule has 1 rings (SSSR count). The van der Waals surface area contributed by atoms with E-state index in [-0.39, 0.29) is 5.82 Å². The second kappa shape index (κ2) is 6.04. The normalized spacial score (nSPS) is 11.3. The molecule has 0 radical (unpaired) electrons. The molecule has 0 atom stereocenters. The smallest absolute Gasteiger partial charge is 0.130 e. The molecule has 1 nitrogen and oxygen atoms in total. The van der Waals surface area contributed by atoms with E-state index in [2.05, 4.69) is 27.7 Å². The molecule has 0 amide bonds. The lowest BCUT2D eigenvalue weighted by molar-refractivity contribution is 0.408. The van der Waals surface area contributed by atoms with Gasteiger partial charge in [0.25, 0.3) is 0 Å². The quantitative estimate of drug-likeness (QED) is 0.711. The summed E-state index contributed by atoms with van der Waals surface area (Å²) in [4.78, 5) is 0. The Kier molecular flexibility index (Phi) is 4.98. The Labute approximate surface area is 104 Å². The maximum atomic E-state index is 14.2. The van der Waals surface area contributed by atoms with Gasteiger partial charge in [-0.25, -0.2) is 4.39 Å². The van der Waals surface area contributed by atoms with Crippen LogP contribution in [0.2, 0.25) is 0 Å². The molecule has 0 saturated carbocycles. The fourth-order valence-electron chi connectivity index (χ4n) is 2.34. The first-order chi connectivity index (χ1) is 8.04. The molecule has 1 aromatic carbocycles. The van der Waals surface area contributed by atoms with Crippen molar-refractivity contribution < 1.29 is 9.13 Å². The largest absolute Gasteiger partial charge is 0.497 e. The van der Waals surface area contributed by atoms with Crippen molar-refractivity contribution in [1.82, 2.24) is 0 Å². The van der Waals surface area contributed by atoms with Crippen LogP contribution in [0.25, 0.3) is 0 Å². The lowest BCUT2D eigenvalue weighted by Gasteiger charge is -2.21. The van der Waals surface area contributed by atoms with Gasteiger partial charge in [0.05, 0.1) is 7.11 Å². The van der Waals surface area contributed by atoms with Crippen LogP contribution in [0.4, 0.5) is 4.39 Å². The van der Waals surface area contributed by atoms with Crippen LogP contribution in [-0.2, 0) is 0 Å². The SMILES string of the molecule is CCC(CC)c1c(F)cc(OC)cc1C(C)C. The number of ether oxygens (including phenoxy) is 1. The van der Waals surface area contributed by atoms with Crippen LogP contribution in [-0.4, -0.2) is 7.11 Å². The second-order valence-corrected chi connectivity index (χ2v) is 4.78. The van der Waals surface area contributed by atoms with Gasteiger partial charge in [0, 0.05) is 6.07 Å². The summed E-state index contributed by atoms with van der Waals surface area (Å²) in [7, 11) is 1.58. The van der Waals surface area contributed by atoms with Gasteiger partial charge < -0.3 is 4.74 Å². The van der Waals surface area contributed by atoms with Crippen LogP contribution in [0.5, 0.6) is 5.75 Å². The Bertz CT molecular complexity index is 367. The monoisotopic (exact) mass is 238 g/mol. The lowest BCUT2D eigenvalue weighted by Crippen LogP contribution is -2.06. The fraction of sp³-hybridized carbons (Fsp3) is 0.600. The third-order valence-corrected chi connectivity index (χ3v) is 3.39. The van der Waals surface area contributed by atoms with Crippen molar-refractivity contribution in [1.29, 1.82) is 0 Å². The van der Waals surface area contributed by atoms with Gasteiger partial charge in [0.15, 0.2) is 0 Å². The highest BCUT2D eigenvalue weighted by atomic mass is 19.1. The van der Waals surface area contributed by atoms with E-state index < -0.39 is 0 Å². The summed E-state index contributed by atoms with van der Waals surface area (Å²) in [5.74, 6) is 1.11. The molecule has 0 spiro atoms. The van der Waals surface area contributed by atoms with Crippen molar-refractivity contribution in [2.24, 2.45) is 0 Å². The molecule has 0 aliphatic rings. The maximum absolute atomic E-state index is 14.2. The van der Waals surface area contributed by atoms with Gasteiger partial charge in [-0.15, -0.1) is 0 Å². The average Bonchev–Trinajstić information content (AvgIpc) is 2.31. The van der Waals surface area contributed by atoms with Crippen LogP contribution in [0.15, 0.2) is 12.1 Å². The van der Waals surface area contributed by atoms with E-state index in [0.29, 0.717) is 17.6 Å². The zero-order valence-electron chi connectivity index (χ0n) is 11.5. The number of methoxy groups -OCH3 is 1. The van der Waals surface area contributed by atoms with Crippen LogP contribution < -0.4 is 4.74 Å². The minimum absolute atomic E-state index is 0.123. The summed E-state index contributed by atoms with van der Waals surface area (Å²) in [6.07, 6.45) is 1.94. The van der Waals surface area contributed by atoms with Crippen LogP contribution >= 0.6 is 0 Å². The van der Waals surface area contributed by atoms with E-state index in [1.54, 1.807) is 7.11 Å². The highest BCUT2D eigenvalue weighted by molar-refractivity contribution is 5.40. The molecular weight excluding hydrogens is 215 g/mol. The van der Waals surface area contributed by atoms with Gasteiger partial charge in [0.1, 0.15) is 11.6 Å². The van der Waals surface area contributed by atoms with Gasteiger partial charge in [-0.05, 0) is 41.9 Å². The summed E-state index contributed by atoms with van der Waals surface area (Å²) >= 11 is 0. The van der Waals surface area contributed by atoms with Crippen LogP contribution in [0, 0.1) is 5.82 Å². The molecule has 0 unspecified atom stereocenters. The van der Waals surface area contributed by atoms with Crippen molar-refractivity contribution in [2.45, 2.75) is 52.4 Å². The topological polar surface area (TPSA) is 9.23 Å². The minimum Gasteiger partial charge on any atom is -0.497 e. The van der Waals surface area contributed by atoms with Crippen molar-refractivity contribution in [3.63, 3.8) is 0 Å². The molecule has 1 aromatic rings. The molecule has 0 aliphatic heterocycles. The third kappa shape index (κ3) is 2.99. The Balaban J connectivity index is 3.35. The third-order valence-electron chi connectivity index (χ3n) is 3.39. The Morgan fingerprint density at radius 3 is 2.18 bits per heavy atom. The summed E-state index contributed by atoms with van der Waals surface area (Å²) in [5.41, 5.74) is 1.96. The Hall–Kier alpha value is -1.05. The molecule has 0 heterocycles. The zero-order valence-corrected chi connectivity index (χ0v) is 11.5. The van der Waals surface area contributed by atoms with E-state index in [4.69, 9.17) is 4.74 Å². The first-order valence-electron chi connectivity index (χ1n) is 6.42. The van der Waals surface area contributed by atoms with Crippen LogP contribution in [0.1, 0.15) is 63.5 Å². The predicted octanol–water partition coefficient (Wildman–Crippen LogP) is 4.86. The van der Waals surface area contributed by atoms with E-state index in [9.17, 15) is 4.39 Å². The first kappa shape index (κ1) is 14.0. The van der Waals surface area contributed by atoms with Gasteiger partial charge in [-0.1, -0.05) is 27.7 Å². The molecule has 0 fully saturated rings. The van der Waals surface area contributed by atoms with Crippen LogP contribution in [0.3, 0.4) is 0 Å². The minimum atomic E-state index is -0.123. The number of rotatable bonds is 5. The van der Waals surface area contributed by atoms with E-state index >= 15 is 0 Å². The highest BCUT2D eigenvalue weighted by Gasteiger charge is 2.20. The summed E-state index contributed by atoms with van der Waals surface area (Å²) in [6.45, 7) is 8.42. The van der Waals surface area contributed by atoms with Crippen molar-refractivity contribution in [2.75, 3.05) is 7.11 Å². The van der Waals surface area contributed by atoms with E-state index in [1.807, 2.05) is 6.07 Å². The lowest BCUT2D eigenvalue weighted by atomic mass is 9.85. The van der Waals surface area contributed by atoms with Gasteiger partial charge >= 0.3 is 0 Å². The molecule has 0 bridgehead atoms. The second-order valence-electron chi connectivity index (χ2n) is 4.78. The van der Waals surface area contributed by atoms with E-state index in [0.717, 1.165) is 24.0 Å². The molecule has 0 N–H and O–H groups in total. The zero-order chi connectivity index (χ0) is 13.0. The Morgan fingerprint density at radius 2 is 1.76 bits per heavy atom. The first-order valence-corrected chi connectivity index (χ1v) is 6.42. The number of hydrogen-bond acceptors (Lipinski definition) is 1. The maximum Gasteiger partial charge on any atom is 0.130 e. The molecule has 0 aromatic heterocycles. The van der Waals surface area contributed by atoms with Crippen molar-refractivity contribution >= 4 is 0 Å². The number of hydrogen-bond donors (Lipinski definition) is 0. The number of halogens is 1.